The van der Waals surface area contributed by atoms with Gasteiger partial charge in [-0.25, -0.2) is 13.2 Å². The maximum Gasteiger partial charge on any atom is 0.310 e. The number of ether oxygens (including phenoxy) is 2. The van der Waals surface area contributed by atoms with Gasteiger partial charge < -0.3 is 14.8 Å². The Hall–Kier alpha value is -3.03. The van der Waals surface area contributed by atoms with E-state index in [1.807, 2.05) is 5.32 Å². The van der Waals surface area contributed by atoms with Crippen molar-refractivity contribution in [1.82, 2.24) is 0 Å². The van der Waals surface area contributed by atoms with Crippen LogP contribution in [0.3, 0.4) is 0 Å². The quantitative estimate of drug-likeness (QED) is 0.811. The summed E-state index contributed by atoms with van der Waals surface area (Å²) in [5, 5.41) is 1.98. The second-order valence-corrected chi connectivity index (χ2v) is 4.95. The normalized spacial score (nSPS) is 10.2. The number of carbonyl (C=O) groups excluding carboxylic acids is 2. The first-order valence-electron chi connectivity index (χ1n) is 7.12. The molecule has 0 aliphatic heterocycles. The molecular weight excluding hydrogens is 339 g/mol. The highest BCUT2D eigenvalue weighted by Gasteiger charge is 2.14. The first-order valence-corrected chi connectivity index (χ1v) is 7.12. The third-order valence-corrected chi connectivity index (χ3v) is 3.16. The van der Waals surface area contributed by atoms with Crippen molar-refractivity contribution in [3.63, 3.8) is 0 Å². The molecule has 0 saturated carbocycles. The molecule has 1 N–H and O–H groups in total. The predicted molar refractivity (Wildman–Crippen MR) is 82.6 cm³/mol. The van der Waals surface area contributed by atoms with Crippen LogP contribution in [0.2, 0.25) is 0 Å². The molecule has 2 aromatic carbocycles. The molecule has 1 amide bonds. The van der Waals surface area contributed by atoms with Crippen LogP contribution in [0, 0.1) is 17.5 Å². The van der Waals surface area contributed by atoms with Crippen molar-refractivity contribution >= 4 is 17.6 Å². The van der Waals surface area contributed by atoms with Gasteiger partial charge in [0.05, 0.1) is 13.5 Å². The zero-order chi connectivity index (χ0) is 18.4. The molecule has 2 rings (SSSR count). The van der Waals surface area contributed by atoms with Gasteiger partial charge in [-0.2, -0.15) is 0 Å². The summed E-state index contributed by atoms with van der Waals surface area (Å²) < 4.78 is 49.8. The summed E-state index contributed by atoms with van der Waals surface area (Å²) in [6.07, 6.45) is -0.276. The average molecular weight is 353 g/mol. The number of nitrogens with one attached hydrogen (secondary N) is 1. The van der Waals surface area contributed by atoms with E-state index in [0.717, 1.165) is 24.3 Å². The van der Waals surface area contributed by atoms with Gasteiger partial charge in [-0.05, 0) is 29.8 Å². The van der Waals surface area contributed by atoms with Crippen LogP contribution >= 0.6 is 0 Å². The number of halogens is 3. The van der Waals surface area contributed by atoms with Gasteiger partial charge in [-0.3, -0.25) is 9.59 Å². The standard InChI is InChI=1S/C17H14F3NO4/c1-24-14-6-5-10(7-13(14)20)8-16(23)25-9-15(22)21-17-11(18)3-2-4-12(17)19/h2-7H,8-9H2,1H3,(H,21,22). The Bertz CT molecular complexity index is 775. The van der Waals surface area contributed by atoms with Crippen molar-refractivity contribution in [1.29, 1.82) is 0 Å². The van der Waals surface area contributed by atoms with Crippen molar-refractivity contribution in [2.24, 2.45) is 0 Å². The fraction of sp³-hybridized carbons (Fsp3) is 0.176. The fourth-order valence-corrected chi connectivity index (χ4v) is 1.98. The van der Waals surface area contributed by atoms with Crippen molar-refractivity contribution in [2.75, 3.05) is 19.0 Å². The van der Waals surface area contributed by atoms with E-state index in [1.54, 1.807) is 0 Å². The second-order valence-electron chi connectivity index (χ2n) is 4.95. The summed E-state index contributed by atoms with van der Waals surface area (Å²) in [6.45, 7) is -0.731. The molecule has 0 aliphatic carbocycles. The summed E-state index contributed by atoms with van der Waals surface area (Å²) in [5.74, 6) is -4.21. The molecule has 0 unspecified atom stereocenters. The van der Waals surface area contributed by atoms with Crippen LogP contribution in [0.25, 0.3) is 0 Å². The van der Waals surface area contributed by atoms with Crippen LogP contribution in [0.15, 0.2) is 36.4 Å². The Labute approximate surface area is 141 Å². The number of rotatable bonds is 6. The molecule has 5 nitrogen and oxygen atoms in total. The van der Waals surface area contributed by atoms with Crippen LogP contribution in [-0.4, -0.2) is 25.6 Å². The first kappa shape index (κ1) is 18.3. The minimum absolute atomic E-state index is 0.0309. The zero-order valence-electron chi connectivity index (χ0n) is 13.1. The zero-order valence-corrected chi connectivity index (χ0v) is 13.1. The Morgan fingerprint density at radius 3 is 2.32 bits per heavy atom. The largest absolute Gasteiger partial charge is 0.494 e. The lowest BCUT2D eigenvalue weighted by Gasteiger charge is -2.09. The summed E-state index contributed by atoms with van der Waals surface area (Å²) in [6, 6.07) is 7.03. The average Bonchev–Trinajstić information content (AvgIpc) is 2.57. The molecule has 0 aromatic heterocycles. The van der Waals surface area contributed by atoms with Crippen molar-refractivity contribution in [3.05, 3.63) is 59.4 Å². The molecule has 0 spiro atoms. The molecule has 2 aromatic rings. The van der Waals surface area contributed by atoms with Gasteiger partial charge in [0.25, 0.3) is 5.91 Å². The van der Waals surface area contributed by atoms with Gasteiger partial charge in [0.2, 0.25) is 0 Å². The molecule has 25 heavy (non-hydrogen) atoms. The molecular formula is C17H14F3NO4. The van der Waals surface area contributed by atoms with Crippen molar-refractivity contribution in [3.8, 4) is 5.75 Å². The van der Waals surface area contributed by atoms with Crippen LogP contribution < -0.4 is 10.1 Å². The molecule has 132 valence electrons. The Balaban J connectivity index is 1.87. The number of hydrogen-bond donors (Lipinski definition) is 1. The van der Waals surface area contributed by atoms with E-state index in [9.17, 15) is 22.8 Å². The van der Waals surface area contributed by atoms with Gasteiger partial charge in [-0.15, -0.1) is 0 Å². The summed E-state index contributed by atoms with van der Waals surface area (Å²) >= 11 is 0. The number of methoxy groups -OCH3 is 1. The van der Waals surface area contributed by atoms with Gasteiger partial charge >= 0.3 is 5.97 Å². The maximum absolute atomic E-state index is 13.5. The molecule has 0 aliphatic rings. The van der Waals surface area contributed by atoms with Crippen molar-refractivity contribution < 1.29 is 32.2 Å². The number of anilines is 1. The third kappa shape index (κ3) is 4.97. The third-order valence-electron chi connectivity index (χ3n) is 3.16. The number of para-hydroxylation sites is 1. The van der Waals surface area contributed by atoms with Crippen LogP contribution in [0.4, 0.5) is 18.9 Å². The Morgan fingerprint density at radius 2 is 1.72 bits per heavy atom. The highest BCUT2D eigenvalue weighted by atomic mass is 19.1. The predicted octanol–water partition coefficient (Wildman–Crippen LogP) is 2.84. The van der Waals surface area contributed by atoms with Crippen LogP contribution in [-0.2, 0) is 20.7 Å². The molecule has 0 fully saturated rings. The number of benzene rings is 2. The SMILES string of the molecule is COc1ccc(CC(=O)OCC(=O)Nc2c(F)cccc2F)cc1F. The molecule has 8 heteroatoms. The lowest BCUT2D eigenvalue weighted by Crippen LogP contribution is -2.22. The molecule has 0 heterocycles. The summed E-state index contributed by atoms with van der Waals surface area (Å²) in [5.41, 5.74) is -0.301. The minimum atomic E-state index is -0.951. The van der Waals surface area contributed by atoms with E-state index in [1.165, 1.54) is 19.2 Å². The van der Waals surface area contributed by atoms with Gasteiger partial charge in [-0.1, -0.05) is 12.1 Å². The number of amides is 1. The van der Waals surface area contributed by atoms with E-state index in [4.69, 9.17) is 9.47 Å². The lowest BCUT2D eigenvalue weighted by molar-refractivity contribution is -0.146. The van der Waals surface area contributed by atoms with E-state index in [-0.39, 0.29) is 12.2 Å². The molecule has 0 atom stereocenters. The maximum atomic E-state index is 13.5. The molecule has 0 saturated heterocycles. The number of carbonyl (C=O) groups is 2. The number of hydrogen-bond acceptors (Lipinski definition) is 4. The van der Waals surface area contributed by atoms with Crippen LogP contribution in [0.1, 0.15) is 5.56 Å². The highest BCUT2D eigenvalue weighted by Crippen LogP contribution is 2.19. The molecule has 0 radical (unpaired) electrons. The van der Waals surface area contributed by atoms with Crippen molar-refractivity contribution in [2.45, 2.75) is 6.42 Å². The first-order chi connectivity index (χ1) is 11.9. The van der Waals surface area contributed by atoms with Crippen LogP contribution in [0.5, 0.6) is 5.75 Å². The topological polar surface area (TPSA) is 64.6 Å². The Morgan fingerprint density at radius 1 is 1.04 bits per heavy atom. The van der Waals surface area contributed by atoms with Gasteiger partial charge in [0.15, 0.2) is 18.2 Å². The Kier molecular flexibility index (Phi) is 5.99. The highest BCUT2D eigenvalue weighted by molar-refractivity contribution is 5.93. The minimum Gasteiger partial charge on any atom is -0.494 e. The van der Waals surface area contributed by atoms with Gasteiger partial charge in [0, 0.05) is 0 Å². The van der Waals surface area contributed by atoms with E-state index in [0.29, 0.717) is 5.56 Å². The smallest absolute Gasteiger partial charge is 0.310 e. The summed E-state index contributed by atoms with van der Waals surface area (Å²) in [4.78, 5) is 23.3. The van der Waals surface area contributed by atoms with E-state index < -0.39 is 41.6 Å². The van der Waals surface area contributed by atoms with Gasteiger partial charge in [0.1, 0.15) is 17.3 Å². The summed E-state index contributed by atoms with van der Waals surface area (Å²) in [7, 11) is 1.31. The molecule has 0 bridgehead atoms. The lowest BCUT2D eigenvalue weighted by atomic mass is 10.1. The second kappa shape index (κ2) is 8.18. The van der Waals surface area contributed by atoms with E-state index in [2.05, 4.69) is 0 Å². The van der Waals surface area contributed by atoms with E-state index >= 15 is 0 Å². The monoisotopic (exact) mass is 353 g/mol. The fourth-order valence-electron chi connectivity index (χ4n) is 1.98. The number of esters is 1.